The van der Waals surface area contributed by atoms with Gasteiger partial charge in [-0.3, -0.25) is 9.59 Å². The first-order valence-corrected chi connectivity index (χ1v) is 16.8. The molecule has 3 rings (SSSR count). The summed E-state index contributed by atoms with van der Waals surface area (Å²) in [4.78, 5) is 28.7. The number of rotatable bonds is 7. The van der Waals surface area contributed by atoms with Gasteiger partial charge in [-0.05, 0) is 64.2 Å². The number of carbonyl (C=O) groups excluding carboxylic acids is 2. The van der Waals surface area contributed by atoms with Gasteiger partial charge in [0, 0.05) is 44.3 Å². The topological polar surface area (TPSA) is 125 Å². The van der Waals surface area contributed by atoms with Gasteiger partial charge in [-0.2, -0.15) is 0 Å². The normalized spacial score (nSPS) is 24.7. The molecule has 0 aromatic heterocycles. The zero-order chi connectivity index (χ0) is 30.2. The number of hydrogen-bond donors (Lipinski definition) is 2. The van der Waals surface area contributed by atoms with Gasteiger partial charge in [0.2, 0.25) is 15.9 Å². The first-order valence-electron chi connectivity index (χ1n) is 15.0. The van der Waals surface area contributed by atoms with Crippen LogP contribution in [0.4, 0.5) is 5.69 Å². The summed E-state index contributed by atoms with van der Waals surface area (Å²) in [5.41, 5.74) is 0.847. The maximum absolute atomic E-state index is 14.2. The van der Waals surface area contributed by atoms with Gasteiger partial charge in [0.15, 0.2) is 0 Å². The average Bonchev–Trinajstić information content (AvgIpc) is 2.94. The molecule has 0 unspecified atom stereocenters. The Morgan fingerprint density at radius 3 is 2.49 bits per heavy atom. The van der Waals surface area contributed by atoms with Gasteiger partial charge in [0.1, 0.15) is 5.75 Å². The summed E-state index contributed by atoms with van der Waals surface area (Å²) in [7, 11) is -1.90. The van der Waals surface area contributed by atoms with Crippen LogP contribution < -0.4 is 10.1 Å². The van der Waals surface area contributed by atoms with Gasteiger partial charge < -0.3 is 24.8 Å². The Balaban J connectivity index is 1.95. The lowest BCUT2D eigenvalue weighted by molar-refractivity contribution is -0.120. The van der Waals surface area contributed by atoms with Gasteiger partial charge in [0.05, 0.1) is 36.7 Å². The molecule has 1 aromatic carbocycles. The van der Waals surface area contributed by atoms with Crippen LogP contribution in [0.5, 0.6) is 5.75 Å². The van der Waals surface area contributed by atoms with Crippen LogP contribution in [0, 0.1) is 11.8 Å². The predicted octanol–water partition coefficient (Wildman–Crippen LogP) is 3.89. The summed E-state index contributed by atoms with van der Waals surface area (Å²) in [6.07, 6.45) is 7.90. The van der Waals surface area contributed by atoms with E-state index in [9.17, 15) is 23.1 Å². The lowest BCUT2D eigenvalue weighted by Gasteiger charge is -2.35. The molecule has 41 heavy (non-hydrogen) atoms. The zero-order valence-electron chi connectivity index (χ0n) is 25.3. The minimum atomic E-state index is -3.42. The fourth-order valence-corrected chi connectivity index (χ4v) is 5.88. The summed E-state index contributed by atoms with van der Waals surface area (Å²) in [5.74, 6) is -0.198. The summed E-state index contributed by atoms with van der Waals surface area (Å²) in [6.45, 7) is 6.25. The first-order chi connectivity index (χ1) is 19.4. The fourth-order valence-electron chi connectivity index (χ4n) is 5.46. The van der Waals surface area contributed by atoms with E-state index in [0.717, 1.165) is 57.6 Å². The Kier molecular flexibility index (Phi) is 12.4. The van der Waals surface area contributed by atoms with Crippen LogP contribution >= 0.6 is 0 Å². The van der Waals surface area contributed by atoms with E-state index in [-0.39, 0.29) is 49.5 Å². The van der Waals surface area contributed by atoms with Crippen molar-refractivity contribution in [2.24, 2.45) is 11.8 Å². The van der Waals surface area contributed by atoms with Crippen LogP contribution in [-0.2, 0) is 19.6 Å². The predicted molar refractivity (Wildman–Crippen MR) is 160 cm³/mol. The number of sulfonamides is 1. The Morgan fingerprint density at radius 2 is 1.83 bits per heavy atom. The van der Waals surface area contributed by atoms with Crippen LogP contribution in [0.1, 0.15) is 82.5 Å². The molecule has 2 amide bonds. The zero-order valence-corrected chi connectivity index (χ0v) is 26.1. The second-order valence-corrected chi connectivity index (χ2v) is 14.0. The van der Waals surface area contributed by atoms with Crippen molar-refractivity contribution in [3.8, 4) is 5.75 Å². The highest BCUT2D eigenvalue weighted by molar-refractivity contribution is 7.88. The largest absolute Gasteiger partial charge is 0.490 e. The number of aliphatic hydroxyl groups is 1. The molecule has 1 saturated carbocycles. The summed E-state index contributed by atoms with van der Waals surface area (Å²) >= 11 is 0. The highest BCUT2D eigenvalue weighted by atomic mass is 32.2. The quantitative estimate of drug-likeness (QED) is 0.490. The van der Waals surface area contributed by atoms with Crippen molar-refractivity contribution >= 4 is 27.5 Å². The van der Waals surface area contributed by atoms with E-state index in [0.29, 0.717) is 23.6 Å². The number of nitrogens with one attached hydrogen (secondary N) is 1. The lowest BCUT2D eigenvalue weighted by atomic mass is 9.88. The number of aliphatic hydroxyl groups excluding tert-OH is 1. The number of hydrogen-bond acceptors (Lipinski definition) is 7. The van der Waals surface area contributed by atoms with E-state index in [1.54, 1.807) is 30.0 Å². The molecule has 10 nitrogen and oxygen atoms in total. The fraction of sp³-hybridized carbons (Fsp3) is 0.733. The number of fused-ring (bicyclic) bond motifs is 1. The summed E-state index contributed by atoms with van der Waals surface area (Å²) in [6, 6.07) is 4.67. The number of amides is 2. The number of likely N-dealkylation sites (N-methyl/N-ethyl adjacent to an activating group) is 1. The van der Waals surface area contributed by atoms with Crippen LogP contribution in [0.2, 0.25) is 0 Å². The molecule has 0 saturated heterocycles. The number of nitrogens with zero attached hydrogens (tertiary/aromatic N) is 2. The Morgan fingerprint density at radius 1 is 1.15 bits per heavy atom. The molecule has 1 aliphatic heterocycles. The van der Waals surface area contributed by atoms with E-state index in [4.69, 9.17) is 9.47 Å². The van der Waals surface area contributed by atoms with Crippen LogP contribution in [0.3, 0.4) is 0 Å². The lowest BCUT2D eigenvalue weighted by Crippen LogP contribution is -2.47. The van der Waals surface area contributed by atoms with Gasteiger partial charge in [-0.15, -0.1) is 0 Å². The molecule has 4 atom stereocenters. The molecule has 2 N–H and O–H groups in total. The third kappa shape index (κ3) is 9.66. The van der Waals surface area contributed by atoms with E-state index in [1.807, 2.05) is 13.8 Å². The average molecular weight is 596 g/mol. The summed E-state index contributed by atoms with van der Waals surface area (Å²) < 4.78 is 38.0. The highest BCUT2D eigenvalue weighted by Gasteiger charge is 2.31. The third-order valence-electron chi connectivity index (χ3n) is 8.30. The van der Waals surface area contributed by atoms with Crippen molar-refractivity contribution in [1.82, 2.24) is 9.21 Å². The summed E-state index contributed by atoms with van der Waals surface area (Å²) in [5, 5.41) is 13.1. The van der Waals surface area contributed by atoms with Crippen molar-refractivity contribution < 1.29 is 32.6 Å². The van der Waals surface area contributed by atoms with E-state index in [1.165, 1.54) is 11.4 Å². The Labute approximate surface area is 245 Å². The SMILES string of the molecule is C[C@@H]1CCCCO[C@@H](CN(C)S(C)(=O)=O)[C@@H](C)CN([C@H](C)CO)C(=O)c2cc(NC(=O)C3CCCCC3)ccc2O1. The number of ether oxygens (including phenoxy) is 2. The standard InChI is InChI=1S/C30H49N3O7S/c1-21-18-33(22(2)20-34)30(36)26-17-25(31-29(35)24-12-7-6-8-13-24)14-15-27(26)40-23(3)11-9-10-16-39-28(21)19-32(4)41(5,37)38/h14-15,17,21-24,28,34H,6-13,16,18-20H2,1-5H3,(H,31,35)/t21-,22+,23+,28-/m0/s1. The Hall–Kier alpha value is -2.21. The van der Waals surface area contributed by atoms with Crippen LogP contribution in [0.15, 0.2) is 18.2 Å². The van der Waals surface area contributed by atoms with Crippen molar-refractivity contribution in [1.29, 1.82) is 0 Å². The molecule has 1 aromatic rings. The molecule has 1 fully saturated rings. The molecular weight excluding hydrogens is 546 g/mol. The van der Waals surface area contributed by atoms with E-state index in [2.05, 4.69) is 5.32 Å². The molecule has 2 aliphatic rings. The van der Waals surface area contributed by atoms with E-state index >= 15 is 0 Å². The first kappa shape index (κ1) is 33.3. The van der Waals surface area contributed by atoms with Gasteiger partial charge >= 0.3 is 0 Å². The van der Waals surface area contributed by atoms with E-state index < -0.39 is 22.2 Å². The van der Waals surface area contributed by atoms with Crippen molar-refractivity contribution in [2.45, 2.75) is 90.4 Å². The highest BCUT2D eigenvalue weighted by Crippen LogP contribution is 2.30. The van der Waals surface area contributed by atoms with Gasteiger partial charge in [-0.1, -0.05) is 26.2 Å². The third-order valence-corrected chi connectivity index (χ3v) is 9.58. The molecule has 0 spiro atoms. The van der Waals surface area contributed by atoms with Crippen molar-refractivity contribution in [3.63, 3.8) is 0 Å². The maximum Gasteiger partial charge on any atom is 0.258 e. The Bertz CT molecular complexity index is 1120. The van der Waals surface area contributed by atoms with Gasteiger partial charge in [-0.25, -0.2) is 12.7 Å². The van der Waals surface area contributed by atoms with Crippen LogP contribution in [-0.4, -0.2) is 92.4 Å². The van der Waals surface area contributed by atoms with Crippen molar-refractivity contribution in [2.75, 3.05) is 44.9 Å². The van der Waals surface area contributed by atoms with Crippen LogP contribution in [0.25, 0.3) is 0 Å². The second-order valence-electron chi connectivity index (χ2n) is 11.9. The number of benzene rings is 1. The molecule has 11 heteroatoms. The minimum absolute atomic E-state index is 0.0295. The maximum atomic E-state index is 14.2. The molecule has 0 radical (unpaired) electrons. The van der Waals surface area contributed by atoms with Crippen molar-refractivity contribution in [3.05, 3.63) is 23.8 Å². The number of carbonyl (C=O) groups is 2. The molecule has 232 valence electrons. The molecule has 0 bridgehead atoms. The molecular formula is C30H49N3O7S. The smallest absolute Gasteiger partial charge is 0.258 e. The monoisotopic (exact) mass is 595 g/mol. The molecule has 1 aliphatic carbocycles. The van der Waals surface area contributed by atoms with Gasteiger partial charge in [0.25, 0.3) is 5.91 Å². The second kappa shape index (κ2) is 15.3. The number of anilines is 1. The minimum Gasteiger partial charge on any atom is -0.490 e. The molecule has 1 heterocycles.